The van der Waals surface area contributed by atoms with Gasteiger partial charge in [0.1, 0.15) is 5.60 Å². The highest BCUT2D eigenvalue weighted by atomic mass is 16.6. The Kier molecular flexibility index (Phi) is 5.35. The van der Waals surface area contributed by atoms with Crippen molar-refractivity contribution in [3.8, 4) is 0 Å². The molecule has 0 radical (unpaired) electrons. The Morgan fingerprint density at radius 3 is 2.79 bits per heavy atom. The highest BCUT2D eigenvalue weighted by Crippen LogP contribution is 2.13. The minimum Gasteiger partial charge on any atom is -0.444 e. The molecular weight excluding hydrogens is 244 g/mol. The number of rotatable bonds is 5. The second-order valence-corrected chi connectivity index (χ2v) is 5.39. The molecule has 0 aliphatic heterocycles. The normalized spacial score (nSPS) is 13.1. The average molecular weight is 268 g/mol. The Labute approximate surface area is 114 Å². The number of carbonyl (C=O) groups is 1. The summed E-state index contributed by atoms with van der Waals surface area (Å²) in [6, 6.07) is 1.93. The molecule has 6 nitrogen and oxygen atoms in total. The minimum atomic E-state index is -0.493. The van der Waals surface area contributed by atoms with E-state index in [9.17, 15) is 4.79 Å². The summed E-state index contributed by atoms with van der Waals surface area (Å²) in [5.41, 5.74) is 6.30. The molecule has 1 heterocycles. The molecule has 19 heavy (non-hydrogen) atoms. The van der Waals surface area contributed by atoms with E-state index in [1.165, 1.54) is 0 Å². The largest absolute Gasteiger partial charge is 0.444 e. The molecule has 1 amide bonds. The molecular formula is C13H24N4O2. The highest BCUT2D eigenvalue weighted by Gasteiger charge is 2.19. The number of nitrogens with two attached hydrogens (primary N) is 1. The lowest BCUT2D eigenvalue weighted by molar-refractivity contribution is 0.0524. The van der Waals surface area contributed by atoms with Crippen molar-refractivity contribution in [3.63, 3.8) is 0 Å². The van der Waals surface area contributed by atoms with Gasteiger partial charge in [0.25, 0.3) is 0 Å². The van der Waals surface area contributed by atoms with E-state index in [1.807, 2.05) is 38.4 Å². The number of alkyl carbamates (subject to hydrolysis) is 1. The van der Waals surface area contributed by atoms with Crippen LogP contribution in [0.25, 0.3) is 0 Å². The first-order valence-corrected chi connectivity index (χ1v) is 6.56. The molecule has 0 saturated carbocycles. The first-order chi connectivity index (χ1) is 8.87. The van der Waals surface area contributed by atoms with Gasteiger partial charge in [0, 0.05) is 37.4 Å². The third kappa shape index (κ3) is 4.90. The molecule has 0 aliphatic rings. The van der Waals surface area contributed by atoms with Crippen molar-refractivity contribution in [1.29, 1.82) is 0 Å². The van der Waals surface area contributed by atoms with Crippen LogP contribution in [-0.2, 0) is 11.3 Å². The van der Waals surface area contributed by atoms with Crippen LogP contribution in [0.1, 0.15) is 39.3 Å². The number of carbonyl (C=O) groups excluding carboxylic acids is 1. The van der Waals surface area contributed by atoms with Gasteiger partial charge in [-0.2, -0.15) is 5.10 Å². The van der Waals surface area contributed by atoms with Crippen molar-refractivity contribution in [2.24, 2.45) is 5.73 Å². The van der Waals surface area contributed by atoms with Crippen LogP contribution in [0.2, 0.25) is 0 Å². The smallest absolute Gasteiger partial charge is 0.407 e. The average Bonchev–Trinajstić information content (AvgIpc) is 2.76. The molecule has 0 bridgehead atoms. The van der Waals surface area contributed by atoms with E-state index in [0.29, 0.717) is 13.1 Å². The molecule has 0 spiro atoms. The zero-order valence-corrected chi connectivity index (χ0v) is 12.1. The molecule has 0 fully saturated rings. The van der Waals surface area contributed by atoms with Gasteiger partial charge in [0.2, 0.25) is 0 Å². The van der Waals surface area contributed by atoms with E-state index in [2.05, 4.69) is 10.4 Å². The van der Waals surface area contributed by atoms with Gasteiger partial charge in [-0.1, -0.05) is 0 Å². The van der Waals surface area contributed by atoms with Crippen LogP contribution in [0, 0.1) is 0 Å². The monoisotopic (exact) mass is 268 g/mol. The van der Waals surface area contributed by atoms with E-state index >= 15 is 0 Å². The quantitative estimate of drug-likeness (QED) is 0.847. The van der Waals surface area contributed by atoms with Gasteiger partial charge in [-0.15, -0.1) is 0 Å². The summed E-state index contributed by atoms with van der Waals surface area (Å²) < 4.78 is 7.08. The molecule has 3 N–H and O–H groups in total. The predicted octanol–water partition coefficient (Wildman–Crippen LogP) is 1.47. The maximum absolute atomic E-state index is 11.6. The lowest BCUT2D eigenvalue weighted by Crippen LogP contribution is -2.36. The summed E-state index contributed by atoms with van der Waals surface area (Å²) in [5.74, 6) is 0.0370. The minimum absolute atomic E-state index is 0.0370. The second kappa shape index (κ2) is 6.56. The fourth-order valence-electron chi connectivity index (χ4n) is 1.78. The maximum atomic E-state index is 11.6. The number of amides is 1. The highest BCUT2D eigenvalue weighted by molar-refractivity contribution is 5.67. The first kappa shape index (κ1) is 15.5. The summed E-state index contributed by atoms with van der Waals surface area (Å²) in [6.07, 6.45) is 1.32. The number of hydrogen-bond acceptors (Lipinski definition) is 4. The molecule has 1 aromatic heterocycles. The van der Waals surface area contributed by atoms with E-state index in [1.54, 1.807) is 6.20 Å². The molecule has 1 rings (SSSR count). The predicted molar refractivity (Wildman–Crippen MR) is 73.9 cm³/mol. The molecule has 108 valence electrons. The van der Waals surface area contributed by atoms with Crippen LogP contribution < -0.4 is 11.1 Å². The van der Waals surface area contributed by atoms with E-state index in [0.717, 1.165) is 12.2 Å². The number of aryl methyl sites for hydroxylation is 1. The van der Waals surface area contributed by atoms with E-state index in [4.69, 9.17) is 10.5 Å². The van der Waals surface area contributed by atoms with Crippen molar-refractivity contribution in [1.82, 2.24) is 15.1 Å². The Balaban J connectivity index is 2.57. The van der Waals surface area contributed by atoms with Crippen LogP contribution >= 0.6 is 0 Å². The third-order valence-electron chi connectivity index (χ3n) is 2.64. The van der Waals surface area contributed by atoms with Crippen LogP contribution in [0.4, 0.5) is 4.79 Å². The van der Waals surface area contributed by atoms with Gasteiger partial charge in [-0.05, 0) is 33.8 Å². The van der Waals surface area contributed by atoms with Crippen LogP contribution in [0.5, 0.6) is 0 Å². The number of nitrogens with zero attached hydrogens (tertiary/aromatic N) is 2. The fourth-order valence-corrected chi connectivity index (χ4v) is 1.78. The molecule has 1 aromatic rings. The van der Waals surface area contributed by atoms with Crippen molar-refractivity contribution < 1.29 is 9.53 Å². The third-order valence-corrected chi connectivity index (χ3v) is 2.64. The summed E-state index contributed by atoms with van der Waals surface area (Å²) >= 11 is 0. The summed E-state index contributed by atoms with van der Waals surface area (Å²) in [7, 11) is 0. The standard InChI is InChI=1S/C13H24N4O2/c1-5-17-11(6-7-16-17)10(8-14)9-15-12(18)19-13(2,3)4/h6-7,10H,5,8-9,14H2,1-4H3,(H,15,18). The maximum Gasteiger partial charge on any atom is 0.407 e. The summed E-state index contributed by atoms with van der Waals surface area (Å²) in [6.45, 7) is 9.19. The second-order valence-electron chi connectivity index (χ2n) is 5.39. The summed E-state index contributed by atoms with van der Waals surface area (Å²) in [4.78, 5) is 11.6. The van der Waals surface area contributed by atoms with Crippen LogP contribution in [0.3, 0.4) is 0 Å². The van der Waals surface area contributed by atoms with Gasteiger partial charge in [0.15, 0.2) is 0 Å². The van der Waals surface area contributed by atoms with Gasteiger partial charge < -0.3 is 15.8 Å². The van der Waals surface area contributed by atoms with E-state index < -0.39 is 11.7 Å². The Bertz CT molecular complexity index is 409. The molecule has 1 atom stereocenters. The van der Waals surface area contributed by atoms with Gasteiger partial charge in [-0.3, -0.25) is 4.68 Å². The lowest BCUT2D eigenvalue weighted by atomic mass is 10.1. The Morgan fingerprint density at radius 2 is 2.26 bits per heavy atom. The zero-order valence-electron chi connectivity index (χ0n) is 12.1. The number of ether oxygens (including phenoxy) is 1. The van der Waals surface area contributed by atoms with Crippen molar-refractivity contribution in [2.45, 2.75) is 45.8 Å². The SMILES string of the molecule is CCn1nccc1C(CN)CNC(=O)OC(C)(C)C. The van der Waals surface area contributed by atoms with Crippen LogP contribution in [0.15, 0.2) is 12.3 Å². The van der Waals surface area contributed by atoms with Crippen molar-refractivity contribution in [3.05, 3.63) is 18.0 Å². The van der Waals surface area contributed by atoms with Gasteiger partial charge >= 0.3 is 6.09 Å². The van der Waals surface area contributed by atoms with Crippen molar-refractivity contribution in [2.75, 3.05) is 13.1 Å². The number of hydrogen-bond donors (Lipinski definition) is 2. The van der Waals surface area contributed by atoms with Crippen molar-refractivity contribution >= 4 is 6.09 Å². The van der Waals surface area contributed by atoms with Gasteiger partial charge in [-0.25, -0.2) is 4.79 Å². The Morgan fingerprint density at radius 1 is 1.58 bits per heavy atom. The number of nitrogens with one attached hydrogen (secondary N) is 1. The number of aromatic nitrogens is 2. The zero-order chi connectivity index (χ0) is 14.5. The molecule has 0 aromatic carbocycles. The van der Waals surface area contributed by atoms with E-state index in [-0.39, 0.29) is 5.92 Å². The molecule has 0 aliphatic carbocycles. The topological polar surface area (TPSA) is 82.2 Å². The Hall–Kier alpha value is -1.56. The fraction of sp³-hybridized carbons (Fsp3) is 0.692. The molecule has 0 saturated heterocycles. The lowest BCUT2D eigenvalue weighted by Gasteiger charge is -2.21. The molecule has 6 heteroatoms. The summed E-state index contributed by atoms with van der Waals surface area (Å²) in [5, 5.41) is 6.95. The van der Waals surface area contributed by atoms with Crippen LogP contribution in [-0.4, -0.2) is 34.6 Å². The first-order valence-electron chi connectivity index (χ1n) is 6.56. The molecule has 1 unspecified atom stereocenters. The van der Waals surface area contributed by atoms with Gasteiger partial charge in [0.05, 0.1) is 0 Å².